The molecule has 0 heterocycles. The van der Waals surface area contributed by atoms with Crippen LogP contribution in [0.3, 0.4) is 0 Å². The highest BCUT2D eigenvalue weighted by molar-refractivity contribution is 6.30. The van der Waals surface area contributed by atoms with Crippen molar-refractivity contribution < 1.29 is 14.7 Å². The Balaban J connectivity index is 2.00. The van der Waals surface area contributed by atoms with E-state index >= 15 is 0 Å². The van der Waals surface area contributed by atoms with Crippen molar-refractivity contribution in [2.45, 2.75) is 6.42 Å². The Morgan fingerprint density at radius 3 is 2.21 bits per heavy atom. The Labute approximate surface area is 143 Å². The lowest BCUT2D eigenvalue weighted by atomic mass is 9.98. The average Bonchev–Trinajstić information content (AvgIpc) is 2.55. The highest BCUT2D eigenvalue weighted by Gasteiger charge is 2.15. The largest absolute Gasteiger partial charge is 0.481 e. The van der Waals surface area contributed by atoms with Crippen LogP contribution in [0, 0.1) is 0 Å². The Morgan fingerprint density at radius 2 is 1.58 bits per heavy atom. The van der Waals surface area contributed by atoms with E-state index in [-0.39, 0.29) is 12.3 Å². The maximum absolute atomic E-state index is 12.6. The van der Waals surface area contributed by atoms with E-state index in [1.165, 1.54) is 0 Å². The minimum absolute atomic E-state index is 0.214. The topological polar surface area (TPSA) is 66.4 Å². The summed E-state index contributed by atoms with van der Waals surface area (Å²) in [6, 6.07) is 17.7. The maximum Gasteiger partial charge on any atom is 0.307 e. The second-order valence-electron chi connectivity index (χ2n) is 5.39. The van der Waals surface area contributed by atoms with Crippen LogP contribution in [0.25, 0.3) is 10.8 Å². The molecule has 5 heteroatoms. The first-order chi connectivity index (χ1) is 11.5. The molecule has 0 radical (unpaired) electrons. The quantitative estimate of drug-likeness (QED) is 0.741. The lowest BCUT2D eigenvalue weighted by Gasteiger charge is -2.11. The molecule has 0 bridgehead atoms. The molecule has 0 atom stereocenters. The molecule has 1 amide bonds. The maximum atomic E-state index is 12.6. The van der Waals surface area contributed by atoms with Gasteiger partial charge >= 0.3 is 5.97 Å². The van der Waals surface area contributed by atoms with Crippen molar-refractivity contribution in [2.24, 2.45) is 0 Å². The molecule has 0 saturated heterocycles. The zero-order valence-corrected chi connectivity index (χ0v) is 13.4. The first-order valence-electron chi connectivity index (χ1n) is 7.33. The number of halogens is 1. The van der Waals surface area contributed by atoms with Crippen molar-refractivity contribution >= 4 is 39.9 Å². The van der Waals surface area contributed by atoms with E-state index in [1.807, 2.05) is 24.3 Å². The first-order valence-corrected chi connectivity index (χ1v) is 7.71. The number of aliphatic carboxylic acids is 1. The predicted octanol–water partition coefficient (Wildman–Crippen LogP) is 4.37. The molecule has 3 aromatic carbocycles. The van der Waals surface area contributed by atoms with Gasteiger partial charge in [-0.05, 0) is 52.7 Å². The molecule has 24 heavy (non-hydrogen) atoms. The molecule has 0 fully saturated rings. The number of amides is 1. The predicted molar refractivity (Wildman–Crippen MR) is 94.7 cm³/mol. The van der Waals surface area contributed by atoms with Gasteiger partial charge in [0.2, 0.25) is 0 Å². The molecule has 120 valence electrons. The van der Waals surface area contributed by atoms with Gasteiger partial charge in [0.25, 0.3) is 5.91 Å². The van der Waals surface area contributed by atoms with Crippen molar-refractivity contribution in [3.8, 4) is 0 Å². The second-order valence-corrected chi connectivity index (χ2v) is 5.82. The molecular formula is C19H14ClNO3. The molecule has 0 spiro atoms. The third kappa shape index (κ3) is 3.55. The molecule has 0 aliphatic heterocycles. The molecule has 0 aromatic heterocycles. The molecule has 2 N–H and O–H groups in total. The zero-order chi connectivity index (χ0) is 17.1. The van der Waals surface area contributed by atoms with E-state index in [0.29, 0.717) is 21.8 Å². The Kier molecular flexibility index (Phi) is 4.49. The van der Waals surface area contributed by atoms with Crippen molar-refractivity contribution in [1.82, 2.24) is 0 Å². The van der Waals surface area contributed by atoms with Crippen molar-refractivity contribution in [2.75, 3.05) is 5.32 Å². The number of carboxylic acids is 1. The van der Waals surface area contributed by atoms with E-state index in [1.54, 1.807) is 36.4 Å². The van der Waals surface area contributed by atoms with Gasteiger partial charge < -0.3 is 10.4 Å². The summed E-state index contributed by atoms with van der Waals surface area (Å²) in [4.78, 5) is 23.7. The molecule has 0 unspecified atom stereocenters. The normalized spacial score (nSPS) is 10.5. The van der Waals surface area contributed by atoms with Gasteiger partial charge in [0.1, 0.15) is 0 Å². The Bertz CT molecular complexity index is 920. The summed E-state index contributed by atoms with van der Waals surface area (Å²) in [7, 11) is 0. The number of carbonyl (C=O) groups is 2. The highest BCUT2D eigenvalue weighted by atomic mass is 35.5. The second kappa shape index (κ2) is 6.72. The standard InChI is InChI=1S/C19H14ClNO3/c20-15-5-7-16(8-6-15)21-19(24)17-10-13-4-2-1-3-12(13)9-14(17)11-18(22)23/h1-10H,11H2,(H,21,24)(H,22,23). The van der Waals surface area contributed by atoms with Crippen molar-refractivity contribution in [3.05, 3.63) is 76.8 Å². The van der Waals surface area contributed by atoms with Crippen LogP contribution in [0.4, 0.5) is 5.69 Å². The number of carboxylic acid groups (broad SMARTS) is 1. The molecule has 0 aliphatic carbocycles. The van der Waals surface area contributed by atoms with Gasteiger partial charge in [-0.3, -0.25) is 9.59 Å². The van der Waals surface area contributed by atoms with Crippen molar-refractivity contribution in [1.29, 1.82) is 0 Å². The summed E-state index contributed by atoms with van der Waals surface area (Å²) in [5.41, 5.74) is 1.43. The van der Waals surface area contributed by atoms with Gasteiger partial charge in [0, 0.05) is 16.3 Å². The number of nitrogens with one attached hydrogen (secondary N) is 1. The monoisotopic (exact) mass is 339 g/mol. The Hall–Kier alpha value is -2.85. The fourth-order valence-corrected chi connectivity index (χ4v) is 2.67. The number of hydrogen-bond acceptors (Lipinski definition) is 2. The smallest absolute Gasteiger partial charge is 0.307 e. The number of benzene rings is 3. The minimum atomic E-state index is -0.981. The molecule has 4 nitrogen and oxygen atoms in total. The highest BCUT2D eigenvalue weighted by Crippen LogP contribution is 2.22. The van der Waals surface area contributed by atoms with Crippen LogP contribution in [-0.4, -0.2) is 17.0 Å². The third-order valence-electron chi connectivity index (χ3n) is 3.66. The van der Waals surface area contributed by atoms with Crippen molar-refractivity contribution in [3.63, 3.8) is 0 Å². The minimum Gasteiger partial charge on any atom is -0.481 e. The number of fused-ring (bicyclic) bond motifs is 1. The lowest BCUT2D eigenvalue weighted by Crippen LogP contribution is -2.16. The van der Waals surface area contributed by atoms with E-state index in [4.69, 9.17) is 16.7 Å². The number of anilines is 1. The fraction of sp³-hybridized carbons (Fsp3) is 0.0526. The Morgan fingerprint density at radius 1 is 0.958 bits per heavy atom. The molecule has 0 saturated carbocycles. The molecule has 3 rings (SSSR count). The summed E-state index contributed by atoms with van der Waals surface area (Å²) in [5.74, 6) is -1.33. The molecule has 3 aromatic rings. The van der Waals surface area contributed by atoms with Crippen LogP contribution in [0.15, 0.2) is 60.7 Å². The average molecular weight is 340 g/mol. The van der Waals surface area contributed by atoms with Crippen LogP contribution < -0.4 is 5.32 Å². The molecule has 0 aliphatic rings. The molecular weight excluding hydrogens is 326 g/mol. The zero-order valence-electron chi connectivity index (χ0n) is 12.6. The SMILES string of the molecule is O=C(O)Cc1cc2ccccc2cc1C(=O)Nc1ccc(Cl)cc1. The summed E-state index contributed by atoms with van der Waals surface area (Å²) in [6.07, 6.45) is -0.214. The third-order valence-corrected chi connectivity index (χ3v) is 3.91. The van der Waals surface area contributed by atoms with E-state index in [9.17, 15) is 9.59 Å². The summed E-state index contributed by atoms with van der Waals surface area (Å²) >= 11 is 5.84. The van der Waals surface area contributed by atoms with Gasteiger partial charge in [-0.15, -0.1) is 0 Å². The first kappa shape index (κ1) is 16.0. The van der Waals surface area contributed by atoms with E-state index in [0.717, 1.165) is 10.8 Å². The van der Waals surface area contributed by atoms with Gasteiger partial charge in [-0.1, -0.05) is 35.9 Å². The fourth-order valence-electron chi connectivity index (χ4n) is 2.54. The summed E-state index contributed by atoms with van der Waals surface area (Å²) < 4.78 is 0. The number of rotatable bonds is 4. The number of carbonyl (C=O) groups excluding carboxylic acids is 1. The van der Waals surface area contributed by atoms with Gasteiger partial charge in [-0.2, -0.15) is 0 Å². The van der Waals surface area contributed by atoms with Crippen LogP contribution in [0.2, 0.25) is 5.02 Å². The summed E-state index contributed by atoms with van der Waals surface area (Å²) in [6.45, 7) is 0. The van der Waals surface area contributed by atoms with Gasteiger partial charge in [-0.25, -0.2) is 0 Å². The van der Waals surface area contributed by atoms with Crippen LogP contribution in [-0.2, 0) is 11.2 Å². The number of hydrogen-bond donors (Lipinski definition) is 2. The van der Waals surface area contributed by atoms with Gasteiger partial charge in [0.05, 0.1) is 6.42 Å². The van der Waals surface area contributed by atoms with Crippen LogP contribution in [0.1, 0.15) is 15.9 Å². The lowest BCUT2D eigenvalue weighted by molar-refractivity contribution is -0.136. The van der Waals surface area contributed by atoms with Crippen LogP contribution in [0.5, 0.6) is 0 Å². The van der Waals surface area contributed by atoms with Gasteiger partial charge in [0.15, 0.2) is 0 Å². The van der Waals surface area contributed by atoms with E-state index < -0.39 is 5.97 Å². The summed E-state index contributed by atoms with van der Waals surface area (Å²) in [5, 5.41) is 14.2. The van der Waals surface area contributed by atoms with E-state index in [2.05, 4.69) is 5.32 Å². The van der Waals surface area contributed by atoms with Crippen LogP contribution >= 0.6 is 11.6 Å².